The van der Waals surface area contributed by atoms with E-state index >= 15 is 0 Å². The SMILES string of the molecule is CCOC(=O)CCNC(=O)C(c1ccccc1O)N(C(=O)C(NC(=O)OC(C)(C)C)C(C)CC)C(C)(C)CC. The molecule has 0 bridgehead atoms. The van der Waals surface area contributed by atoms with E-state index in [0.29, 0.717) is 12.8 Å². The molecule has 0 saturated heterocycles. The summed E-state index contributed by atoms with van der Waals surface area (Å²) in [5.41, 5.74) is -1.42. The highest BCUT2D eigenvalue weighted by atomic mass is 16.6. The highest BCUT2D eigenvalue weighted by molar-refractivity contribution is 5.93. The second kappa shape index (κ2) is 14.7. The number of hydrogen-bond acceptors (Lipinski definition) is 7. The average Bonchev–Trinajstić information content (AvgIpc) is 2.84. The van der Waals surface area contributed by atoms with E-state index < -0.39 is 47.1 Å². The number of rotatable bonds is 13. The number of nitrogens with zero attached hydrogens (tertiary/aromatic N) is 1. The number of ether oxygens (including phenoxy) is 2. The largest absolute Gasteiger partial charge is 0.508 e. The molecule has 3 N–H and O–H groups in total. The summed E-state index contributed by atoms with van der Waals surface area (Å²) in [6, 6.07) is 4.06. The first-order valence-electron chi connectivity index (χ1n) is 13.6. The van der Waals surface area contributed by atoms with E-state index in [-0.39, 0.29) is 36.8 Å². The molecule has 1 aromatic rings. The zero-order chi connectivity index (χ0) is 30.0. The monoisotopic (exact) mass is 549 g/mol. The topological polar surface area (TPSA) is 134 Å². The quantitative estimate of drug-likeness (QED) is 0.309. The number of nitrogens with one attached hydrogen (secondary N) is 2. The van der Waals surface area contributed by atoms with Crippen LogP contribution in [0.2, 0.25) is 0 Å². The molecule has 1 aromatic carbocycles. The van der Waals surface area contributed by atoms with Crippen LogP contribution in [0.1, 0.15) is 93.2 Å². The molecule has 0 aliphatic carbocycles. The smallest absolute Gasteiger partial charge is 0.408 e. The Bertz CT molecular complexity index is 987. The third-order valence-corrected chi connectivity index (χ3v) is 6.58. The number of carbonyl (C=O) groups excluding carboxylic acids is 4. The summed E-state index contributed by atoms with van der Waals surface area (Å²) in [5.74, 6) is -1.98. The predicted molar refractivity (Wildman–Crippen MR) is 149 cm³/mol. The molecule has 3 amide bonds. The first-order valence-corrected chi connectivity index (χ1v) is 13.6. The number of alkyl carbamates (subject to hydrolysis) is 1. The Morgan fingerprint density at radius 2 is 1.64 bits per heavy atom. The molecule has 220 valence electrons. The van der Waals surface area contributed by atoms with Gasteiger partial charge in [0.2, 0.25) is 11.8 Å². The Morgan fingerprint density at radius 1 is 1.03 bits per heavy atom. The van der Waals surface area contributed by atoms with Crippen molar-refractivity contribution in [2.75, 3.05) is 13.2 Å². The summed E-state index contributed by atoms with van der Waals surface area (Å²) >= 11 is 0. The van der Waals surface area contributed by atoms with Gasteiger partial charge >= 0.3 is 12.1 Å². The molecule has 0 spiro atoms. The fraction of sp³-hybridized carbons (Fsp3) is 0.655. The second-order valence-corrected chi connectivity index (χ2v) is 11.2. The minimum Gasteiger partial charge on any atom is -0.508 e. The summed E-state index contributed by atoms with van der Waals surface area (Å²) in [6.45, 7) is 16.4. The van der Waals surface area contributed by atoms with Crippen LogP contribution in [0, 0.1) is 5.92 Å². The van der Waals surface area contributed by atoms with E-state index in [1.54, 1.807) is 45.9 Å². The molecule has 0 fully saturated rings. The zero-order valence-corrected chi connectivity index (χ0v) is 24.9. The Balaban J connectivity index is 3.60. The van der Waals surface area contributed by atoms with Gasteiger partial charge < -0.3 is 30.1 Å². The van der Waals surface area contributed by atoms with Crippen LogP contribution >= 0.6 is 0 Å². The van der Waals surface area contributed by atoms with Crippen molar-refractivity contribution in [1.82, 2.24) is 15.5 Å². The molecule has 10 heteroatoms. The first kappa shape index (κ1) is 33.7. The molecule has 0 radical (unpaired) electrons. The highest BCUT2D eigenvalue weighted by Gasteiger charge is 2.44. The fourth-order valence-electron chi connectivity index (χ4n) is 3.95. The van der Waals surface area contributed by atoms with Crippen LogP contribution in [0.3, 0.4) is 0 Å². The van der Waals surface area contributed by atoms with Gasteiger partial charge in [-0.2, -0.15) is 0 Å². The summed E-state index contributed by atoms with van der Waals surface area (Å²) in [7, 11) is 0. The van der Waals surface area contributed by atoms with Crippen LogP contribution in [-0.2, 0) is 23.9 Å². The number of esters is 1. The Labute approximate surface area is 232 Å². The number of carbonyl (C=O) groups is 4. The van der Waals surface area contributed by atoms with E-state index in [1.807, 2.05) is 34.6 Å². The number of para-hydroxylation sites is 1. The van der Waals surface area contributed by atoms with E-state index in [9.17, 15) is 24.3 Å². The second-order valence-electron chi connectivity index (χ2n) is 11.2. The average molecular weight is 550 g/mol. The maximum absolute atomic E-state index is 14.4. The van der Waals surface area contributed by atoms with E-state index in [1.165, 1.54) is 11.0 Å². The molecule has 0 aromatic heterocycles. The predicted octanol–water partition coefficient (Wildman–Crippen LogP) is 4.46. The maximum atomic E-state index is 14.4. The normalized spacial score (nSPS) is 14.0. The van der Waals surface area contributed by atoms with Gasteiger partial charge in [0.05, 0.1) is 13.0 Å². The third-order valence-electron chi connectivity index (χ3n) is 6.58. The van der Waals surface area contributed by atoms with Crippen molar-refractivity contribution in [1.29, 1.82) is 0 Å². The first-order chi connectivity index (χ1) is 18.1. The van der Waals surface area contributed by atoms with E-state index in [0.717, 1.165) is 0 Å². The van der Waals surface area contributed by atoms with Crippen LogP contribution in [0.5, 0.6) is 5.75 Å². The van der Waals surface area contributed by atoms with Crippen LogP contribution in [0.15, 0.2) is 24.3 Å². The van der Waals surface area contributed by atoms with Crippen LogP contribution < -0.4 is 10.6 Å². The van der Waals surface area contributed by atoms with Crippen LogP contribution in [0.4, 0.5) is 4.79 Å². The van der Waals surface area contributed by atoms with Gasteiger partial charge in [0, 0.05) is 17.6 Å². The van der Waals surface area contributed by atoms with Gasteiger partial charge in [0.25, 0.3) is 0 Å². The Hall–Kier alpha value is -3.30. The number of aromatic hydroxyl groups is 1. The summed E-state index contributed by atoms with van der Waals surface area (Å²) in [4.78, 5) is 54.1. The minimum atomic E-state index is -1.25. The van der Waals surface area contributed by atoms with Crippen molar-refractivity contribution >= 4 is 23.9 Å². The summed E-state index contributed by atoms with van der Waals surface area (Å²) < 4.78 is 10.4. The summed E-state index contributed by atoms with van der Waals surface area (Å²) in [5, 5.41) is 16.2. The van der Waals surface area contributed by atoms with Gasteiger partial charge in [0.15, 0.2) is 0 Å². The third kappa shape index (κ3) is 10.1. The van der Waals surface area contributed by atoms with Gasteiger partial charge in [-0.05, 0) is 59.9 Å². The van der Waals surface area contributed by atoms with E-state index in [4.69, 9.17) is 9.47 Å². The molecule has 3 unspecified atom stereocenters. The van der Waals surface area contributed by atoms with Gasteiger partial charge in [-0.25, -0.2) is 4.79 Å². The number of phenolic OH excluding ortho intramolecular Hbond substituents is 1. The Kier molecular flexibility index (Phi) is 12.8. The maximum Gasteiger partial charge on any atom is 0.408 e. The molecule has 1 rings (SSSR count). The zero-order valence-electron chi connectivity index (χ0n) is 24.9. The number of phenols is 1. The molecule has 10 nitrogen and oxygen atoms in total. The minimum absolute atomic E-state index is 0.0126. The molecule has 39 heavy (non-hydrogen) atoms. The number of amides is 3. The highest BCUT2D eigenvalue weighted by Crippen LogP contribution is 2.36. The lowest BCUT2D eigenvalue weighted by Crippen LogP contribution is -2.60. The molecular weight excluding hydrogens is 502 g/mol. The lowest BCUT2D eigenvalue weighted by Gasteiger charge is -2.45. The van der Waals surface area contributed by atoms with Gasteiger partial charge in [0.1, 0.15) is 23.4 Å². The standard InChI is InChI=1S/C29H47N3O7/c1-10-19(4)23(31-27(37)39-28(5,6)7)26(36)32(29(8,9)11-2)24(20-15-13-14-16-21(20)33)25(35)30-18-17-22(34)38-12-3/h13-16,19,23-24,33H,10-12,17-18H2,1-9H3,(H,30,35)(H,31,37). The molecule has 0 aliphatic rings. The van der Waals surface area contributed by atoms with Gasteiger partial charge in [-0.3, -0.25) is 14.4 Å². The van der Waals surface area contributed by atoms with Gasteiger partial charge in [-0.15, -0.1) is 0 Å². The lowest BCUT2D eigenvalue weighted by molar-refractivity contribution is -0.150. The van der Waals surface area contributed by atoms with Crippen LogP contribution in [0.25, 0.3) is 0 Å². The van der Waals surface area contributed by atoms with Crippen molar-refractivity contribution in [3.05, 3.63) is 29.8 Å². The molecule has 3 atom stereocenters. The van der Waals surface area contributed by atoms with Crippen molar-refractivity contribution < 1.29 is 33.8 Å². The van der Waals surface area contributed by atoms with Gasteiger partial charge in [-0.1, -0.05) is 45.4 Å². The Morgan fingerprint density at radius 3 is 2.15 bits per heavy atom. The number of hydrogen-bond donors (Lipinski definition) is 3. The summed E-state index contributed by atoms with van der Waals surface area (Å²) in [6.07, 6.45) is 0.250. The fourth-order valence-corrected chi connectivity index (χ4v) is 3.95. The van der Waals surface area contributed by atoms with Crippen molar-refractivity contribution in [3.8, 4) is 5.75 Å². The molecule has 0 aliphatic heterocycles. The lowest BCUT2D eigenvalue weighted by atomic mass is 9.89. The van der Waals surface area contributed by atoms with Crippen molar-refractivity contribution in [3.63, 3.8) is 0 Å². The van der Waals surface area contributed by atoms with Crippen molar-refractivity contribution in [2.24, 2.45) is 5.92 Å². The molecule has 0 heterocycles. The molecule has 0 saturated carbocycles. The number of benzene rings is 1. The molecular formula is C29H47N3O7. The van der Waals surface area contributed by atoms with Crippen molar-refractivity contribution in [2.45, 2.75) is 105 Å². The van der Waals surface area contributed by atoms with Crippen LogP contribution in [-0.4, -0.2) is 64.2 Å². The van der Waals surface area contributed by atoms with E-state index in [2.05, 4.69) is 10.6 Å².